The molecule has 1 atom stereocenters. The van der Waals surface area contributed by atoms with Crippen LogP contribution in [0.3, 0.4) is 0 Å². The summed E-state index contributed by atoms with van der Waals surface area (Å²) in [6.07, 6.45) is -0.800. The molecule has 0 bridgehead atoms. The molecule has 2 amide bonds. The van der Waals surface area contributed by atoms with E-state index in [9.17, 15) is 9.59 Å². The first-order valence-corrected chi connectivity index (χ1v) is 7.68. The lowest BCUT2D eigenvalue weighted by atomic mass is 10.1. The largest absolute Gasteiger partial charge is 0.382 e. The predicted molar refractivity (Wildman–Crippen MR) is 93.4 cm³/mol. The van der Waals surface area contributed by atoms with Crippen LogP contribution in [0.25, 0.3) is 0 Å². The number of amides is 2. The second-order valence-electron chi connectivity index (χ2n) is 5.49. The fourth-order valence-corrected chi connectivity index (χ4v) is 1.91. The fraction of sp³-hybridized carbons (Fsp3) is 0.294. The van der Waals surface area contributed by atoms with Crippen LogP contribution in [0.1, 0.15) is 32.1 Å². The molecular weight excluding hydrogens is 324 g/mol. The van der Waals surface area contributed by atoms with Gasteiger partial charge in [-0.3, -0.25) is 9.59 Å². The zero-order valence-electron chi connectivity index (χ0n) is 14.5. The summed E-state index contributed by atoms with van der Waals surface area (Å²) in [5.74, 6) is 0.405. The number of hydrogen-bond donors (Lipinski definition) is 2. The molecular formula is C17H20N4O4. The molecule has 0 spiro atoms. The van der Waals surface area contributed by atoms with Gasteiger partial charge in [0.1, 0.15) is 5.76 Å². The van der Waals surface area contributed by atoms with Gasteiger partial charge in [-0.05, 0) is 38.5 Å². The molecule has 1 aromatic heterocycles. The van der Waals surface area contributed by atoms with Crippen LogP contribution < -0.4 is 10.6 Å². The number of nitrogens with zero attached hydrogens (tertiary/aromatic N) is 2. The second-order valence-corrected chi connectivity index (χ2v) is 5.49. The van der Waals surface area contributed by atoms with Crippen molar-refractivity contribution < 1.29 is 18.9 Å². The zero-order valence-corrected chi connectivity index (χ0v) is 14.5. The van der Waals surface area contributed by atoms with Gasteiger partial charge in [0.05, 0.1) is 5.71 Å². The Hall–Kier alpha value is -3.16. The number of rotatable bonds is 6. The number of aromatic nitrogens is 1. The van der Waals surface area contributed by atoms with Crippen molar-refractivity contribution in [3.63, 3.8) is 0 Å². The molecule has 132 valence electrons. The van der Waals surface area contributed by atoms with Crippen LogP contribution in [0, 0.1) is 6.92 Å². The van der Waals surface area contributed by atoms with Crippen molar-refractivity contribution in [1.82, 2.24) is 5.16 Å². The summed E-state index contributed by atoms with van der Waals surface area (Å²) in [5, 5.41) is 12.9. The maximum atomic E-state index is 12.0. The summed E-state index contributed by atoms with van der Waals surface area (Å²) in [7, 11) is 0. The second kappa shape index (κ2) is 8.09. The monoisotopic (exact) mass is 344 g/mol. The number of carbonyl (C=O) groups is 2. The third-order valence-electron chi connectivity index (χ3n) is 3.22. The Kier molecular flexibility index (Phi) is 5.89. The average Bonchev–Trinajstić information content (AvgIpc) is 2.97. The van der Waals surface area contributed by atoms with Gasteiger partial charge in [0.25, 0.3) is 5.91 Å². The molecule has 1 aromatic carbocycles. The van der Waals surface area contributed by atoms with Crippen molar-refractivity contribution in [2.75, 3.05) is 10.6 Å². The zero-order chi connectivity index (χ0) is 18.4. The average molecular weight is 344 g/mol. The van der Waals surface area contributed by atoms with E-state index in [1.54, 1.807) is 51.1 Å². The molecule has 0 aliphatic heterocycles. The normalized spacial score (nSPS) is 12.4. The Morgan fingerprint density at radius 2 is 1.88 bits per heavy atom. The third-order valence-corrected chi connectivity index (χ3v) is 3.22. The molecule has 0 aliphatic rings. The molecule has 2 N–H and O–H groups in total. The molecule has 0 fully saturated rings. The van der Waals surface area contributed by atoms with Gasteiger partial charge in [0.15, 0.2) is 5.82 Å². The number of oxime groups is 1. The van der Waals surface area contributed by atoms with E-state index in [4.69, 9.17) is 9.36 Å². The van der Waals surface area contributed by atoms with Gasteiger partial charge in [0, 0.05) is 18.7 Å². The predicted octanol–water partition coefficient (Wildman–Crippen LogP) is 2.71. The quantitative estimate of drug-likeness (QED) is 0.619. The Labute approximate surface area is 145 Å². The summed E-state index contributed by atoms with van der Waals surface area (Å²) in [6.45, 7) is 6.52. The third kappa shape index (κ3) is 5.45. The summed E-state index contributed by atoms with van der Waals surface area (Å²) in [6, 6.07) is 8.74. The number of anilines is 2. The molecule has 2 rings (SSSR count). The molecule has 0 saturated carbocycles. The van der Waals surface area contributed by atoms with Crippen molar-refractivity contribution in [1.29, 1.82) is 0 Å². The molecule has 2 aromatic rings. The standard InChI is InChI=1S/C17H20N4O4/c1-10-9-16(21-24-10)19-17(23)12(3)25-20-11(2)14-5-7-15(8-6-14)18-13(4)22/h5-9,12H,1-4H3,(H,18,22)(H,19,21,23). The number of benzene rings is 1. The maximum Gasteiger partial charge on any atom is 0.269 e. The molecule has 0 saturated heterocycles. The van der Waals surface area contributed by atoms with Crippen LogP contribution in [0.4, 0.5) is 11.5 Å². The Morgan fingerprint density at radius 3 is 2.44 bits per heavy atom. The SMILES string of the molecule is CC(=O)Nc1ccc(C(C)=NOC(C)C(=O)Nc2cc(C)on2)cc1. The topological polar surface area (TPSA) is 106 Å². The van der Waals surface area contributed by atoms with Gasteiger partial charge in [-0.1, -0.05) is 22.4 Å². The van der Waals surface area contributed by atoms with Crippen molar-refractivity contribution in [3.8, 4) is 0 Å². The van der Waals surface area contributed by atoms with Crippen LogP contribution in [0.15, 0.2) is 40.0 Å². The van der Waals surface area contributed by atoms with Gasteiger partial charge < -0.3 is 20.0 Å². The Bertz CT molecular complexity index is 780. The van der Waals surface area contributed by atoms with E-state index in [0.717, 1.165) is 5.56 Å². The van der Waals surface area contributed by atoms with E-state index in [1.807, 2.05) is 0 Å². The van der Waals surface area contributed by atoms with Crippen molar-refractivity contribution in [3.05, 3.63) is 41.7 Å². The van der Waals surface area contributed by atoms with Crippen LogP contribution in [0.5, 0.6) is 0 Å². The van der Waals surface area contributed by atoms with E-state index < -0.39 is 6.10 Å². The van der Waals surface area contributed by atoms with Crippen molar-refractivity contribution in [2.24, 2.45) is 5.16 Å². The van der Waals surface area contributed by atoms with Gasteiger partial charge in [0.2, 0.25) is 12.0 Å². The van der Waals surface area contributed by atoms with E-state index in [1.165, 1.54) is 6.92 Å². The highest BCUT2D eigenvalue weighted by Gasteiger charge is 2.16. The lowest BCUT2D eigenvalue weighted by molar-refractivity contribution is -0.126. The number of hydrogen-bond acceptors (Lipinski definition) is 6. The molecule has 25 heavy (non-hydrogen) atoms. The molecule has 0 radical (unpaired) electrons. The minimum absolute atomic E-state index is 0.136. The highest BCUT2D eigenvalue weighted by molar-refractivity contribution is 5.99. The first kappa shape index (κ1) is 18.2. The number of carbonyl (C=O) groups excluding carboxylic acids is 2. The summed E-state index contributed by atoms with van der Waals surface area (Å²) in [4.78, 5) is 28.2. The Morgan fingerprint density at radius 1 is 1.20 bits per heavy atom. The van der Waals surface area contributed by atoms with E-state index in [2.05, 4.69) is 20.9 Å². The summed E-state index contributed by atoms with van der Waals surface area (Å²) >= 11 is 0. The van der Waals surface area contributed by atoms with Crippen LogP contribution in [0.2, 0.25) is 0 Å². The van der Waals surface area contributed by atoms with Gasteiger partial charge in [-0.2, -0.15) is 0 Å². The van der Waals surface area contributed by atoms with Crippen molar-refractivity contribution in [2.45, 2.75) is 33.8 Å². The van der Waals surface area contributed by atoms with Gasteiger partial charge in [-0.15, -0.1) is 0 Å². The highest BCUT2D eigenvalue weighted by atomic mass is 16.6. The van der Waals surface area contributed by atoms with E-state index in [-0.39, 0.29) is 11.8 Å². The van der Waals surface area contributed by atoms with Crippen LogP contribution in [-0.2, 0) is 14.4 Å². The molecule has 0 aliphatic carbocycles. The Balaban J connectivity index is 1.92. The lowest BCUT2D eigenvalue weighted by Gasteiger charge is -2.10. The van der Waals surface area contributed by atoms with E-state index in [0.29, 0.717) is 23.0 Å². The minimum Gasteiger partial charge on any atom is -0.382 e. The molecule has 1 heterocycles. The molecule has 8 heteroatoms. The fourth-order valence-electron chi connectivity index (χ4n) is 1.91. The van der Waals surface area contributed by atoms with Crippen LogP contribution >= 0.6 is 0 Å². The molecule has 8 nitrogen and oxygen atoms in total. The summed E-state index contributed by atoms with van der Waals surface area (Å²) < 4.78 is 4.88. The maximum absolute atomic E-state index is 12.0. The minimum atomic E-state index is -0.800. The number of nitrogens with one attached hydrogen (secondary N) is 2. The van der Waals surface area contributed by atoms with Gasteiger partial charge >= 0.3 is 0 Å². The first-order chi connectivity index (χ1) is 11.8. The molecule has 1 unspecified atom stereocenters. The highest BCUT2D eigenvalue weighted by Crippen LogP contribution is 2.11. The van der Waals surface area contributed by atoms with E-state index >= 15 is 0 Å². The number of aryl methyl sites for hydroxylation is 1. The van der Waals surface area contributed by atoms with Crippen molar-refractivity contribution >= 4 is 29.0 Å². The van der Waals surface area contributed by atoms with Gasteiger partial charge in [-0.25, -0.2) is 0 Å². The summed E-state index contributed by atoms with van der Waals surface area (Å²) in [5.41, 5.74) is 2.11. The van der Waals surface area contributed by atoms with Crippen LogP contribution in [-0.4, -0.2) is 28.8 Å². The smallest absolute Gasteiger partial charge is 0.269 e. The first-order valence-electron chi connectivity index (χ1n) is 7.68. The lowest BCUT2D eigenvalue weighted by Crippen LogP contribution is -2.26.